The third kappa shape index (κ3) is 1.93. The molecule has 15 heavy (non-hydrogen) atoms. The normalized spacial score (nSPS) is 20.2. The lowest BCUT2D eigenvalue weighted by Crippen LogP contribution is -2.26. The van der Waals surface area contributed by atoms with E-state index in [1.807, 2.05) is 17.1 Å². The van der Waals surface area contributed by atoms with Crippen molar-refractivity contribution in [3.63, 3.8) is 0 Å². The molecule has 1 heterocycles. The summed E-state index contributed by atoms with van der Waals surface area (Å²) in [5, 5.41) is 14.8. The van der Waals surface area contributed by atoms with Gasteiger partial charge in [-0.15, -0.1) is 0 Å². The maximum absolute atomic E-state index is 10.6. The average molecular weight is 208 g/mol. The molecule has 3 heteroatoms. The molecule has 84 valence electrons. The zero-order valence-corrected chi connectivity index (χ0v) is 9.61. The Hall–Kier alpha value is -0.830. The highest BCUT2D eigenvalue weighted by atomic mass is 16.3. The first-order valence-corrected chi connectivity index (χ1v) is 5.96. The number of nitrogens with zero attached hydrogens (tertiary/aromatic N) is 2. The Balaban J connectivity index is 2.18. The highest BCUT2D eigenvalue weighted by molar-refractivity contribution is 5.19. The van der Waals surface area contributed by atoms with E-state index in [2.05, 4.69) is 18.9 Å². The van der Waals surface area contributed by atoms with Crippen LogP contribution in [0.2, 0.25) is 0 Å². The van der Waals surface area contributed by atoms with Gasteiger partial charge in [0.1, 0.15) is 0 Å². The van der Waals surface area contributed by atoms with Crippen LogP contribution in [0.3, 0.4) is 0 Å². The number of hydrogen-bond acceptors (Lipinski definition) is 2. The van der Waals surface area contributed by atoms with Crippen molar-refractivity contribution < 1.29 is 5.11 Å². The quantitative estimate of drug-likeness (QED) is 0.806. The number of hydrogen-bond donors (Lipinski definition) is 1. The van der Waals surface area contributed by atoms with Gasteiger partial charge in [0.25, 0.3) is 0 Å². The van der Waals surface area contributed by atoms with Crippen LogP contribution >= 0.6 is 0 Å². The summed E-state index contributed by atoms with van der Waals surface area (Å²) in [6.45, 7) is 5.12. The molecule has 1 aromatic heterocycles. The fourth-order valence-corrected chi connectivity index (χ4v) is 2.23. The molecule has 1 atom stereocenters. The standard InChI is InChI=1S/C12H20N2O/c1-3-7-14-9-11(8-13-14)12(15,4-2)10-5-6-10/h8-10,15H,3-7H2,1-2H3. The number of rotatable bonds is 5. The van der Waals surface area contributed by atoms with Crippen molar-refractivity contribution in [1.82, 2.24) is 9.78 Å². The highest BCUT2D eigenvalue weighted by Crippen LogP contribution is 2.47. The predicted molar refractivity (Wildman–Crippen MR) is 59.4 cm³/mol. The molecular formula is C12H20N2O. The minimum atomic E-state index is -0.619. The maximum atomic E-state index is 10.6. The minimum absolute atomic E-state index is 0.460. The second-order valence-electron chi connectivity index (χ2n) is 4.54. The number of aryl methyl sites for hydroxylation is 1. The summed E-state index contributed by atoms with van der Waals surface area (Å²) in [5.41, 5.74) is 0.382. The molecule has 1 saturated carbocycles. The van der Waals surface area contributed by atoms with Crippen LogP contribution in [0.15, 0.2) is 12.4 Å². The molecule has 1 aromatic rings. The van der Waals surface area contributed by atoms with Crippen molar-refractivity contribution in [2.75, 3.05) is 0 Å². The van der Waals surface area contributed by atoms with E-state index < -0.39 is 5.60 Å². The average Bonchev–Trinajstić information content (AvgIpc) is 2.99. The van der Waals surface area contributed by atoms with Crippen molar-refractivity contribution >= 4 is 0 Å². The molecule has 0 aliphatic heterocycles. The van der Waals surface area contributed by atoms with Crippen LogP contribution in [0.4, 0.5) is 0 Å². The van der Waals surface area contributed by atoms with E-state index in [9.17, 15) is 5.11 Å². The second kappa shape index (κ2) is 3.97. The minimum Gasteiger partial charge on any atom is -0.385 e. The van der Waals surface area contributed by atoms with Crippen molar-refractivity contribution in [1.29, 1.82) is 0 Å². The van der Waals surface area contributed by atoms with Crippen LogP contribution in [0, 0.1) is 5.92 Å². The van der Waals surface area contributed by atoms with E-state index in [0.29, 0.717) is 5.92 Å². The van der Waals surface area contributed by atoms with E-state index >= 15 is 0 Å². The lowest BCUT2D eigenvalue weighted by Gasteiger charge is -2.25. The molecule has 3 nitrogen and oxygen atoms in total. The first-order valence-electron chi connectivity index (χ1n) is 5.96. The number of aromatic nitrogens is 2. The van der Waals surface area contributed by atoms with Gasteiger partial charge >= 0.3 is 0 Å². The lowest BCUT2D eigenvalue weighted by atomic mass is 9.89. The second-order valence-corrected chi connectivity index (χ2v) is 4.54. The Labute approximate surface area is 91.1 Å². The van der Waals surface area contributed by atoms with Crippen molar-refractivity contribution in [2.45, 2.75) is 51.7 Å². The van der Waals surface area contributed by atoms with E-state index in [1.54, 1.807) is 0 Å². The molecule has 0 spiro atoms. The zero-order valence-electron chi connectivity index (χ0n) is 9.61. The van der Waals surface area contributed by atoms with E-state index in [4.69, 9.17) is 0 Å². The van der Waals surface area contributed by atoms with Crippen LogP contribution in [0.25, 0.3) is 0 Å². The Kier molecular flexibility index (Phi) is 2.83. The molecule has 2 rings (SSSR count). The Bertz CT molecular complexity index is 330. The Morgan fingerprint density at radius 3 is 2.80 bits per heavy atom. The van der Waals surface area contributed by atoms with Crippen molar-refractivity contribution in [3.05, 3.63) is 18.0 Å². The molecule has 0 aromatic carbocycles. The smallest absolute Gasteiger partial charge is 0.0952 e. The summed E-state index contributed by atoms with van der Waals surface area (Å²) in [6, 6.07) is 0. The van der Waals surface area contributed by atoms with Crippen molar-refractivity contribution in [2.24, 2.45) is 5.92 Å². The molecule has 1 aliphatic rings. The lowest BCUT2D eigenvalue weighted by molar-refractivity contribution is 0.00881. The third-order valence-corrected chi connectivity index (χ3v) is 3.38. The summed E-state index contributed by atoms with van der Waals surface area (Å²) in [4.78, 5) is 0. The topological polar surface area (TPSA) is 38.0 Å². The summed E-state index contributed by atoms with van der Waals surface area (Å²) >= 11 is 0. The molecule has 1 aliphatic carbocycles. The molecular weight excluding hydrogens is 188 g/mol. The molecule has 0 amide bonds. The van der Waals surface area contributed by atoms with Gasteiger partial charge in [-0.2, -0.15) is 5.10 Å². The van der Waals surface area contributed by atoms with Crippen LogP contribution in [0.5, 0.6) is 0 Å². The largest absolute Gasteiger partial charge is 0.385 e. The van der Waals surface area contributed by atoms with Crippen LogP contribution < -0.4 is 0 Å². The summed E-state index contributed by atoms with van der Waals surface area (Å²) < 4.78 is 1.93. The molecule has 0 radical (unpaired) electrons. The van der Waals surface area contributed by atoms with Gasteiger partial charge < -0.3 is 5.11 Å². The highest BCUT2D eigenvalue weighted by Gasteiger charge is 2.44. The molecule has 0 bridgehead atoms. The Morgan fingerprint density at radius 2 is 2.27 bits per heavy atom. The Morgan fingerprint density at radius 1 is 1.53 bits per heavy atom. The van der Waals surface area contributed by atoms with Gasteiger partial charge in [-0.05, 0) is 31.6 Å². The predicted octanol–water partition coefficient (Wildman–Crippen LogP) is 2.30. The monoisotopic (exact) mass is 208 g/mol. The maximum Gasteiger partial charge on any atom is 0.0952 e. The van der Waals surface area contributed by atoms with Gasteiger partial charge in [0, 0.05) is 18.3 Å². The van der Waals surface area contributed by atoms with Gasteiger partial charge in [0.05, 0.1) is 11.8 Å². The van der Waals surface area contributed by atoms with Crippen LogP contribution in [-0.2, 0) is 12.1 Å². The zero-order chi connectivity index (χ0) is 10.9. The first kappa shape index (κ1) is 10.7. The van der Waals surface area contributed by atoms with Crippen molar-refractivity contribution in [3.8, 4) is 0 Å². The van der Waals surface area contributed by atoms with E-state index in [0.717, 1.165) is 37.8 Å². The van der Waals surface area contributed by atoms with E-state index in [-0.39, 0.29) is 0 Å². The molecule has 0 saturated heterocycles. The SMILES string of the molecule is CCCn1cc(C(O)(CC)C2CC2)cn1. The molecule has 1 N–H and O–H groups in total. The number of aliphatic hydroxyl groups is 1. The first-order chi connectivity index (χ1) is 7.20. The molecule has 1 fully saturated rings. The van der Waals surface area contributed by atoms with Gasteiger partial charge in [-0.3, -0.25) is 4.68 Å². The van der Waals surface area contributed by atoms with Gasteiger partial charge in [0.15, 0.2) is 0 Å². The summed E-state index contributed by atoms with van der Waals surface area (Å²) in [5.74, 6) is 0.460. The van der Waals surface area contributed by atoms with Gasteiger partial charge in [-0.1, -0.05) is 13.8 Å². The van der Waals surface area contributed by atoms with Crippen LogP contribution in [0.1, 0.15) is 45.1 Å². The molecule has 1 unspecified atom stereocenters. The van der Waals surface area contributed by atoms with Crippen LogP contribution in [-0.4, -0.2) is 14.9 Å². The summed E-state index contributed by atoms with van der Waals surface area (Å²) in [6.07, 6.45) is 8.01. The third-order valence-electron chi connectivity index (χ3n) is 3.38. The van der Waals surface area contributed by atoms with E-state index in [1.165, 1.54) is 0 Å². The fraction of sp³-hybridized carbons (Fsp3) is 0.750. The van der Waals surface area contributed by atoms with Gasteiger partial charge in [0.2, 0.25) is 0 Å². The summed E-state index contributed by atoms with van der Waals surface area (Å²) in [7, 11) is 0. The van der Waals surface area contributed by atoms with Gasteiger partial charge in [-0.25, -0.2) is 0 Å². The fourth-order valence-electron chi connectivity index (χ4n) is 2.23.